The van der Waals surface area contributed by atoms with Gasteiger partial charge < -0.3 is 15.1 Å². The Morgan fingerprint density at radius 3 is 2.65 bits per heavy atom. The number of carbonyl (C=O) groups excluding carboxylic acids is 1. The normalized spacial score (nSPS) is 25.2. The number of carbonyl (C=O) groups is 1. The minimum absolute atomic E-state index is 0.000984. The molecule has 1 atom stereocenters. The SMILES string of the molecule is CNC1CCCC(C)(C)N(CCN(C)C)C1=O. The average molecular weight is 241 g/mol. The van der Waals surface area contributed by atoms with Crippen molar-refractivity contribution in [3.05, 3.63) is 0 Å². The molecule has 1 unspecified atom stereocenters. The number of rotatable bonds is 4. The lowest BCUT2D eigenvalue weighted by atomic mass is 9.97. The minimum atomic E-state index is -0.0152. The maximum Gasteiger partial charge on any atom is 0.240 e. The summed E-state index contributed by atoms with van der Waals surface area (Å²) in [4.78, 5) is 16.6. The van der Waals surface area contributed by atoms with Crippen molar-refractivity contribution >= 4 is 5.91 Å². The largest absolute Gasteiger partial charge is 0.335 e. The third-order valence-corrected chi connectivity index (χ3v) is 3.70. The van der Waals surface area contributed by atoms with Crippen molar-refractivity contribution in [1.82, 2.24) is 15.1 Å². The zero-order valence-electron chi connectivity index (χ0n) is 11.9. The maximum atomic E-state index is 12.4. The quantitative estimate of drug-likeness (QED) is 0.795. The van der Waals surface area contributed by atoms with Gasteiger partial charge in [-0.2, -0.15) is 0 Å². The predicted octanol–water partition coefficient (Wildman–Crippen LogP) is 0.927. The molecule has 1 aliphatic heterocycles. The Hall–Kier alpha value is -0.610. The highest BCUT2D eigenvalue weighted by molar-refractivity contribution is 5.82. The van der Waals surface area contributed by atoms with Gasteiger partial charge in [0.25, 0.3) is 0 Å². The number of hydrogen-bond acceptors (Lipinski definition) is 3. The predicted molar refractivity (Wildman–Crippen MR) is 71.0 cm³/mol. The second-order valence-corrected chi connectivity index (χ2v) is 5.84. The van der Waals surface area contributed by atoms with Crippen LogP contribution in [0, 0.1) is 0 Å². The lowest BCUT2D eigenvalue weighted by Gasteiger charge is -2.39. The molecule has 0 aromatic heterocycles. The molecule has 0 aliphatic carbocycles. The van der Waals surface area contributed by atoms with Gasteiger partial charge in [0.1, 0.15) is 0 Å². The van der Waals surface area contributed by atoms with E-state index in [9.17, 15) is 4.79 Å². The summed E-state index contributed by atoms with van der Waals surface area (Å²) in [6.07, 6.45) is 3.16. The van der Waals surface area contributed by atoms with E-state index in [0.29, 0.717) is 0 Å². The molecule has 4 nitrogen and oxygen atoms in total. The molecule has 0 radical (unpaired) electrons. The van der Waals surface area contributed by atoms with Crippen molar-refractivity contribution < 1.29 is 4.79 Å². The Labute approximate surface area is 105 Å². The van der Waals surface area contributed by atoms with E-state index in [1.54, 1.807) is 0 Å². The van der Waals surface area contributed by atoms with Crippen molar-refractivity contribution in [1.29, 1.82) is 0 Å². The van der Waals surface area contributed by atoms with Crippen molar-refractivity contribution in [2.45, 2.75) is 44.7 Å². The average Bonchev–Trinajstić information content (AvgIpc) is 2.32. The van der Waals surface area contributed by atoms with Crippen LogP contribution < -0.4 is 5.32 Å². The van der Waals surface area contributed by atoms with E-state index in [-0.39, 0.29) is 17.5 Å². The van der Waals surface area contributed by atoms with Gasteiger partial charge in [0.2, 0.25) is 5.91 Å². The second kappa shape index (κ2) is 5.83. The molecule has 0 spiro atoms. The number of likely N-dealkylation sites (tertiary alicyclic amines) is 1. The van der Waals surface area contributed by atoms with Crippen LogP contribution in [0.2, 0.25) is 0 Å². The van der Waals surface area contributed by atoms with Crippen molar-refractivity contribution in [3.63, 3.8) is 0 Å². The van der Waals surface area contributed by atoms with Crippen LogP contribution in [0.4, 0.5) is 0 Å². The van der Waals surface area contributed by atoms with Gasteiger partial charge in [-0.05, 0) is 54.3 Å². The number of nitrogens with zero attached hydrogens (tertiary/aromatic N) is 2. The van der Waals surface area contributed by atoms with E-state index in [4.69, 9.17) is 0 Å². The second-order valence-electron chi connectivity index (χ2n) is 5.84. The fourth-order valence-corrected chi connectivity index (χ4v) is 2.46. The number of likely N-dealkylation sites (N-methyl/N-ethyl adjacent to an activating group) is 2. The molecule has 17 heavy (non-hydrogen) atoms. The monoisotopic (exact) mass is 241 g/mol. The third kappa shape index (κ3) is 3.68. The molecule has 1 saturated heterocycles. The third-order valence-electron chi connectivity index (χ3n) is 3.70. The summed E-state index contributed by atoms with van der Waals surface area (Å²) in [7, 11) is 5.97. The van der Waals surface area contributed by atoms with Crippen molar-refractivity contribution in [2.24, 2.45) is 0 Å². The summed E-state index contributed by atoms with van der Waals surface area (Å²) in [5.41, 5.74) is -0.0152. The van der Waals surface area contributed by atoms with E-state index < -0.39 is 0 Å². The van der Waals surface area contributed by atoms with E-state index in [1.165, 1.54) is 0 Å². The van der Waals surface area contributed by atoms with Gasteiger partial charge in [-0.25, -0.2) is 0 Å². The van der Waals surface area contributed by atoms with Crippen molar-refractivity contribution in [3.8, 4) is 0 Å². The first-order chi connectivity index (χ1) is 7.88. The molecule has 1 N–H and O–H groups in total. The summed E-state index contributed by atoms with van der Waals surface area (Å²) in [5.74, 6) is 0.261. The number of amides is 1. The van der Waals surface area contributed by atoms with Gasteiger partial charge in [0.15, 0.2) is 0 Å². The lowest BCUT2D eigenvalue weighted by Crippen LogP contribution is -2.53. The fraction of sp³-hybridized carbons (Fsp3) is 0.923. The van der Waals surface area contributed by atoms with Crippen LogP contribution >= 0.6 is 0 Å². The topological polar surface area (TPSA) is 35.6 Å². The van der Waals surface area contributed by atoms with E-state index in [0.717, 1.165) is 32.4 Å². The van der Waals surface area contributed by atoms with Crippen LogP contribution in [0.15, 0.2) is 0 Å². The zero-order chi connectivity index (χ0) is 13.1. The first-order valence-corrected chi connectivity index (χ1v) is 6.52. The van der Waals surface area contributed by atoms with Gasteiger partial charge in [0.05, 0.1) is 6.04 Å². The van der Waals surface area contributed by atoms with Gasteiger partial charge in [-0.1, -0.05) is 0 Å². The van der Waals surface area contributed by atoms with Crippen LogP contribution in [0.1, 0.15) is 33.1 Å². The molecule has 1 amide bonds. The number of nitrogens with one attached hydrogen (secondary N) is 1. The smallest absolute Gasteiger partial charge is 0.240 e. The molecule has 1 fully saturated rings. The molecule has 1 rings (SSSR count). The zero-order valence-corrected chi connectivity index (χ0v) is 11.9. The lowest BCUT2D eigenvalue weighted by molar-refractivity contribution is -0.137. The van der Waals surface area contributed by atoms with Crippen LogP contribution in [-0.4, -0.2) is 61.5 Å². The Bertz CT molecular complexity index is 263. The highest BCUT2D eigenvalue weighted by Crippen LogP contribution is 2.27. The van der Waals surface area contributed by atoms with Gasteiger partial charge in [-0.3, -0.25) is 4.79 Å². The molecule has 0 aromatic rings. The van der Waals surface area contributed by atoms with E-state index >= 15 is 0 Å². The van der Waals surface area contributed by atoms with Gasteiger partial charge in [-0.15, -0.1) is 0 Å². The van der Waals surface area contributed by atoms with E-state index in [1.807, 2.05) is 21.1 Å². The molecule has 4 heteroatoms. The molecular weight excluding hydrogens is 214 g/mol. The molecule has 100 valence electrons. The first kappa shape index (κ1) is 14.5. The molecule has 1 heterocycles. The molecule has 0 bridgehead atoms. The standard InChI is InChI=1S/C13H27N3O/c1-13(2)8-6-7-11(14-3)12(17)16(13)10-9-15(4)5/h11,14H,6-10H2,1-5H3. The number of hydrogen-bond donors (Lipinski definition) is 1. The summed E-state index contributed by atoms with van der Waals surface area (Å²) >= 11 is 0. The Morgan fingerprint density at radius 1 is 1.47 bits per heavy atom. The Morgan fingerprint density at radius 2 is 2.12 bits per heavy atom. The first-order valence-electron chi connectivity index (χ1n) is 6.52. The summed E-state index contributed by atoms with van der Waals surface area (Å²) in [6, 6.07) is -0.000984. The van der Waals surface area contributed by atoms with Gasteiger partial charge in [0, 0.05) is 18.6 Å². The Kier molecular flexibility index (Phi) is 4.95. The van der Waals surface area contributed by atoms with Crippen molar-refractivity contribution in [2.75, 3.05) is 34.2 Å². The molecule has 1 aliphatic rings. The summed E-state index contributed by atoms with van der Waals surface area (Å²) in [5, 5.41) is 3.14. The van der Waals surface area contributed by atoms with Crippen LogP contribution in [0.3, 0.4) is 0 Å². The molecule has 0 saturated carbocycles. The van der Waals surface area contributed by atoms with E-state index in [2.05, 4.69) is 29.0 Å². The summed E-state index contributed by atoms with van der Waals surface area (Å²) in [6.45, 7) is 6.10. The van der Waals surface area contributed by atoms with Crippen LogP contribution in [0.5, 0.6) is 0 Å². The molecular formula is C13H27N3O. The highest BCUT2D eigenvalue weighted by Gasteiger charge is 2.36. The van der Waals surface area contributed by atoms with Crippen LogP contribution in [-0.2, 0) is 4.79 Å². The fourth-order valence-electron chi connectivity index (χ4n) is 2.46. The maximum absolute atomic E-state index is 12.4. The van der Waals surface area contributed by atoms with Gasteiger partial charge >= 0.3 is 0 Å². The Balaban J connectivity index is 2.79. The minimum Gasteiger partial charge on any atom is -0.335 e. The van der Waals surface area contributed by atoms with Crippen LogP contribution in [0.25, 0.3) is 0 Å². The molecule has 0 aromatic carbocycles. The highest BCUT2D eigenvalue weighted by atomic mass is 16.2. The summed E-state index contributed by atoms with van der Waals surface area (Å²) < 4.78 is 0.